The highest BCUT2D eigenvalue weighted by Gasteiger charge is 2.07. The molecule has 4 heteroatoms. The third kappa shape index (κ3) is 2.21. The second-order valence-corrected chi connectivity index (χ2v) is 3.70. The summed E-state index contributed by atoms with van der Waals surface area (Å²) < 4.78 is 2.68. The summed E-state index contributed by atoms with van der Waals surface area (Å²) in [7, 11) is 0. The van der Waals surface area contributed by atoms with E-state index in [0.29, 0.717) is 0 Å². The van der Waals surface area contributed by atoms with Crippen molar-refractivity contribution in [1.82, 2.24) is 4.37 Å². The molecule has 3 nitrogen and oxygen atoms in total. The molecule has 0 aliphatic carbocycles. The van der Waals surface area contributed by atoms with E-state index in [-0.39, 0.29) is 11.6 Å². The number of H-pyrrole nitrogens is 1. The zero-order valence-corrected chi connectivity index (χ0v) is 8.70. The highest BCUT2D eigenvalue weighted by atomic mass is 32.1. The van der Waals surface area contributed by atoms with Crippen molar-refractivity contribution < 1.29 is 0 Å². The fourth-order valence-electron chi connectivity index (χ4n) is 0.987. The van der Waals surface area contributed by atoms with Crippen molar-refractivity contribution in [3.8, 4) is 0 Å². The summed E-state index contributed by atoms with van der Waals surface area (Å²) in [4.78, 5) is 11.1. The summed E-state index contributed by atoms with van der Waals surface area (Å²) in [6.45, 7) is 7.60. The van der Waals surface area contributed by atoms with E-state index in [1.165, 1.54) is 11.5 Å². The van der Waals surface area contributed by atoms with Crippen LogP contribution in [0.5, 0.6) is 0 Å². The van der Waals surface area contributed by atoms with Crippen LogP contribution in [0.3, 0.4) is 0 Å². The Balaban J connectivity index is 2.79. The first-order chi connectivity index (χ1) is 6.19. The minimum atomic E-state index is -0.00795. The zero-order chi connectivity index (χ0) is 9.84. The second-order valence-electron chi connectivity index (χ2n) is 2.88. The van der Waals surface area contributed by atoms with Crippen molar-refractivity contribution in [3.05, 3.63) is 28.6 Å². The molecular formula is C9H14N2OS. The summed E-state index contributed by atoms with van der Waals surface area (Å²) in [6, 6.07) is 0.241. The first kappa shape index (κ1) is 10.1. The second kappa shape index (κ2) is 4.28. The van der Waals surface area contributed by atoms with Crippen molar-refractivity contribution in [2.45, 2.75) is 26.3 Å². The van der Waals surface area contributed by atoms with E-state index in [1.807, 2.05) is 13.0 Å². The molecule has 1 atom stereocenters. The molecule has 0 saturated carbocycles. The summed E-state index contributed by atoms with van der Waals surface area (Å²) >= 11 is 1.34. The zero-order valence-electron chi connectivity index (χ0n) is 7.89. The Hall–Kier alpha value is -1.03. The van der Waals surface area contributed by atoms with Gasteiger partial charge in [-0.3, -0.25) is 9.17 Å². The van der Waals surface area contributed by atoms with Gasteiger partial charge in [-0.15, -0.1) is 6.58 Å². The molecule has 72 valence electrons. The van der Waals surface area contributed by atoms with E-state index in [9.17, 15) is 4.79 Å². The largest absolute Gasteiger partial charge is 0.369 e. The number of aromatic amines is 1. The van der Waals surface area contributed by atoms with Gasteiger partial charge >= 0.3 is 0 Å². The van der Waals surface area contributed by atoms with Gasteiger partial charge in [-0.2, -0.15) is 0 Å². The van der Waals surface area contributed by atoms with E-state index in [0.717, 1.165) is 17.0 Å². The van der Waals surface area contributed by atoms with Gasteiger partial charge in [0, 0.05) is 11.6 Å². The van der Waals surface area contributed by atoms with Crippen molar-refractivity contribution in [2.24, 2.45) is 0 Å². The van der Waals surface area contributed by atoms with Gasteiger partial charge in [-0.05, 0) is 24.9 Å². The number of aromatic nitrogens is 1. The van der Waals surface area contributed by atoms with Crippen LogP contribution in [0.25, 0.3) is 0 Å². The van der Waals surface area contributed by atoms with E-state index in [4.69, 9.17) is 0 Å². The lowest BCUT2D eigenvalue weighted by molar-refractivity contribution is 0.837. The van der Waals surface area contributed by atoms with Crippen LogP contribution < -0.4 is 10.9 Å². The highest BCUT2D eigenvalue weighted by molar-refractivity contribution is 7.10. The minimum absolute atomic E-state index is 0.00795. The summed E-state index contributed by atoms with van der Waals surface area (Å²) in [6.07, 6.45) is 2.82. The molecule has 0 bridgehead atoms. The molecule has 13 heavy (non-hydrogen) atoms. The predicted molar refractivity (Wildman–Crippen MR) is 57.6 cm³/mol. The Labute approximate surface area is 81.6 Å². The first-order valence-electron chi connectivity index (χ1n) is 4.26. The molecule has 0 aliphatic heterocycles. The van der Waals surface area contributed by atoms with Gasteiger partial charge in [0.25, 0.3) is 5.56 Å². The van der Waals surface area contributed by atoms with E-state index in [2.05, 4.69) is 23.2 Å². The molecule has 1 rings (SSSR count). The van der Waals surface area contributed by atoms with Crippen molar-refractivity contribution in [2.75, 3.05) is 5.32 Å². The average Bonchev–Trinajstić information content (AvgIpc) is 2.45. The van der Waals surface area contributed by atoms with Crippen LogP contribution in [0, 0.1) is 6.92 Å². The van der Waals surface area contributed by atoms with Crippen molar-refractivity contribution in [1.29, 1.82) is 0 Å². The molecule has 1 unspecified atom stereocenters. The fraction of sp³-hybridized carbons (Fsp3) is 0.444. The van der Waals surface area contributed by atoms with Gasteiger partial charge in [0.1, 0.15) is 5.00 Å². The highest BCUT2D eigenvalue weighted by Crippen LogP contribution is 2.17. The summed E-state index contributed by atoms with van der Waals surface area (Å²) in [5, 5.41) is 4.15. The normalized spacial score (nSPS) is 12.5. The van der Waals surface area contributed by atoms with Gasteiger partial charge in [0.2, 0.25) is 0 Å². The first-order valence-corrected chi connectivity index (χ1v) is 5.07. The Morgan fingerprint density at radius 1 is 1.77 bits per heavy atom. The molecular weight excluding hydrogens is 184 g/mol. The molecule has 1 aromatic rings. The molecule has 0 radical (unpaired) electrons. The number of anilines is 1. The maximum Gasteiger partial charge on any atom is 0.263 e. The Morgan fingerprint density at radius 2 is 2.46 bits per heavy atom. The lowest BCUT2D eigenvalue weighted by Gasteiger charge is -2.11. The van der Waals surface area contributed by atoms with Crippen LogP contribution >= 0.6 is 11.5 Å². The topological polar surface area (TPSA) is 44.9 Å². The summed E-state index contributed by atoms with van der Waals surface area (Å²) in [5.74, 6) is 0. The Bertz CT molecular complexity index is 340. The van der Waals surface area contributed by atoms with Crippen molar-refractivity contribution >= 4 is 16.5 Å². The molecule has 0 amide bonds. The monoisotopic (exact) mass is 198 g/mol. The van der Waals surface area contributed by atoms with Crippen LogP contribution in [0.4, 0.5) is 5.00 Å². The van der Waals surface area contributed by atoms with Crippen LogP contribution in [0.15, 0.2) is 17.4 Å². The van der Waals surface area contributed by atoms with Gasteiger partial charge in [0.15, 0.2) is 0 Å². The molecule has 0 spiro atoms. The van der Waals surface area contributed by atoms with E-state index in [1.54, 1.807) is 0 Å². The average molecular weight is 198 g/mol. The predicted octanol–water partition coefficient (Wildman–Crippen LogP) is 2.12. The summed E-state index contributed by atoms with van der Waals surface area (Å²) in [5.41, 5.74) is 0.747. The number of nitrogens with one attached hydrogen (secondary N) is 2. The standard InChI is InChI=1S/C9H14N2OS/c1-4-7(5-2)10-9-6(3)8(12)11-13-9/h4,7,10H,1,5H2,2-3H3,(H,11,12). The SMILES string of the molecule is C=CC(CC)Nc1s[nH]c(=O)c1C. The third-order valence-corrected chi connectivity index (χ3v) is 2.88. The van der Waals surface area contributed by atoms with Gasteiger partial charge in [-0.25, -0.2) is 0 Å². The van der Waals surface area contributed by atoms with Crippen LogP contribution in [-0.2, 0) is 0 Å². The molecule has 1 aromatic heterocycles. The van der Waals surface area contributed by atoms with Crippen LogP contribution in [0.2, 0.25) is 0 Å². The Morgan fingerprint density at radius 3 is 2.85 bits per heavy atom. The number of rotatable bonds is 4. The van der Waals surface area contributed by atoms with Gasteiger partial charge in [-0.1, -0.05) is 13.0 Å². The molecule has 0 aromatic carbocycles. The maximum atomic E-state index is 11.1. The number of hydrogen-bond acceptors (Lipinski definition) is 3. The molecule has 1 heterocycles. The minimum Gasteiger partial charge on any atom is -0.369 e. The van der Waals surface area contributed by atoms with E-state index < -0.39 is 0 Å². The van der Waals surface area contributed by atoms with Crippen LogP contribution in [0.1, 0.15) is 18.9 Å². The smallest absolute Gasteiger partial charge is 0.263 e. The molecule has 0 saturated heterocycles. The lowest BCUT2D eigenvalue weighted by Crippen LogP contribution is -2.15. The van der Waals surface area contributed by atoms with Crippen LogP contribution in [-0.4, -0.2) is 10.4 Å². The molecule has 2 N–H and O–H groups in total. The quantitative estimate of drug-likeness (QED) is 0.728. The van der Waals surface area contributed by atoms with Gasteiger partial charge in [0.05, 0.1) is 0 Å². The maximum absolute atomic E-state index is 11.1. The molecule has 0 aliphatic rings. The fourth-order valence-corrected chi connectivity index (χ4v) is 1.79. The lowest BCUT2D eigenvalue weighted by atomic mass is 10.2. The molecule has 0 fully saturated rings. The van der Waals surface area contributed by atoms with Gasteiger partial charge < -0.3 is 5.32 Å². The van der Waals surface area contributed by atoms with E-state index >= 15 is 0 Å². The van der Waals surface area contributed by atoms with Crippen molar-refractivity contribution in [3.63, 3.8) is 0 Å². The number of hydrogen-bond donors (Lipinski definition) is 2. The third-order valence-electron chi connectivity index (χ3n) is 1.97. The Kier molecular flexibility index (Phi) is 3.31.